The van der Waals surface area contributed by atoms with Gasteiger partial charge in [0, 0.05) is 36.7 Å². The molecule has 6 rings (SSSR count). The molecule has 208 valence electrons. The first kappa shape index (κ1) is 26.6. The van der Waals surface area contributed by atoms with Gasteiger partial charge < -0.3 is 14.2 Å². The van der Waals surface area contributed by atoms with Crippen LogP contribution in [0.3, 0.4) is 0 Å². The van der Waals surface area contributed by atoms with Crippen LogP contribution >= 0.6 is 0 Å². The van der Waals surface area contributed by atoms with Crippen molar-refractivity contribution in [1.82, 2.24) is 0 Å². The van der Waals surface area contributed by atoms with Gasteiger partial charge in [0.05, 0.1) is 28.8 Å². The van der Waals surface area contributed by atoms with Gasteiger partial charge in [-0.2, -0.15) is 8.42 Å². The standard InChI is InChI=1S/C30H37N2O6S/c1-19-5-7-23(8-6-19)39(34,35)32-31-26-18-21-17-22(38-20(2)33)9-12-28(21,3)24-10-13-29(4)25(27(24)26)11-14-30(29)36-15-16-37-30/h5-9,12,18,22,24-25,27H,10-11,13-17H2,1-4H3/q+1/t22?,24?,25?,27?,28-,29-/m0/s1. The van der Waals surface area contributed by atoms with E-state index in [1.165, 1.54) is 6.92 Å². The third-order valence-corrected chi connectivity index (χ3v) is 11.3. The molecule has 1 aromatic rings. The minimum absolute atomic E-state index is 0.00318. The molecule has 0 bridgehead atoms. The van der Waals surface area contributed by atoms with Gasteiger partial charge in [-0.25, -0.2) is 0 Å². The second kappa shape index (κ2) is 9.23. The first-order chi connectivity index (χ1) is 18.5. The van der Waals surface area contributed by atoms with Crippen LogP contribution in [0.25, 0.3) is 0 Å². The Kier molecular flexibility index (Phi) is 6.30. The number of carbonyl (C=O) groups excluding carboxylic acids is 1. The van der Waals surface area contributed by atoms with E-state index in [9.17, 15) is 13.2 Å². The summed E-state index contributed by atoms with van der Waals surface area (Å²) >= 11 is 0. The highest BCUT2D eigenvalue weighted by Gasteiger charge is 2.69. The van der Waals surface area contributed by atoms with Crippen molar-refractivity contribution in [3.8, 4) is 0 Å². The maximum Gasteiger partial charge on any atom is 0.352 e. The van der Waals surface area contributed by atoms with Gasteiger partial charge in [-0.3, -0.25) is 4.79 Å². The quantitative estimate of drug-likeness (QED) is 0.230. The Morgan fingerprint density at radius 1 is 1.08 bits per heavy atom. The molecule has 0 aromatic heterocycles. The van der Waals surface area contributed by atoms with Gasteiger partial charge in [-0.15, -0.1) is 0 Å². The van der Waals surface area contributed by atoms with E-state index in [0.29, 0.717) is 25.3 Å². The smallest absolute Gasteiger partial charge is 0.352 e. The summed E-state index contributed by atoms with van der Waals surface area (Å²) in [7, 11) is -3.97. The van der Waals surface area contributed by atoms with E-state index in [4.69, 9.17) is 14.2 Å². The van der Waals surface area contributed by atoms with Crippen LogP contribution < -0.4 is 0 Å². The van der Waals surface area contributed by atoms with Crippen molar-refractivity contribution in [3.05, 3.63) is 53.6 Å². The van der Waals surface area contributed by atoms with Gasteiger partial charge >= 0.3 is 21.7 Å². The van der Waals surface area contributed by atoms with Crippen molar-refractivity contribution in [1.29, 1.82) is 0 Å². The van der Waals surface area contributed by atoms with Crippen LogP contribution in [0.4, 0.5) is 0 Å². The van der Waals surface area contributed by atoms with Crippen molar-refractivity contribution in [2.75, 3.05) is 13.2 Å². The Hall–Kier alpha value is -2.58. The van der Waals surface area contributed by atoms with E-state index < -0.39 is 15.8 Å². The molecule has 4 unspecified atom stereocenters. The predicted molar refractivity (Wildman–Crippen MR) is 143 cm³/mol. The van der Waals surface area contributed by atoms with Crippen LogP contribution in [0.2, 0.25) is 0 Å². The van der Waals surface area contributed by atoms with E-state index in [2.05, 4.69) is 29.2 Å². The molecule has 3 fully saturated rings. The topological polar surface area (TPSA) is 105 Å². The molecule has 39 heavy (non-hydrogen) atoms. The number of hydrogen-bond acceptors (Lipinski definition) is 6. The SMILES string of the molecule is CC(=O)OC1C=C[C@@]2(C)C(=CC(=[N+]=NS(=O)(=O)c3ccc(C)cc3)C3C2CC[C@@]2(C)C3CCC23OCCO3)C1. The first-order valence-corrected chi connectivity index (χ1v) is 15.4. The summed E-state index contributed by atoms with van der Waals surface area (Å²) < 4.78 is 48.4. The predicted octanol–water partition coefficient (Wildman–Crippen LogP) is 4.81. The number of allylic oxidation sites excluding steroid dienone is 2. The van der Waals surface area contributed by atoms with Gasteiger partial charge in [-0.1, -0.05) is 37.6 Å². The summed E-state index contributed by atoms with van der Waals surface area (Å²) in [6.45, 7) is 9.06. The number of rotatable bonds is 3. The monoisotopic (exact) mass is 553 g/mol. The van der Waals surface area contributed by atoms with E-state index in [1.54, 1.807) is 24.3 Å². The zero-order chi connectivity index (χ0) is 27.6. The van der Waals surface area contributed by atoms with Crippen molar-refractivity contribution >= 4 is 21.7 Å². The normalized spacial score (nSPS) is 36.4. The molecule has 0 amide bonds. The molecule has 1 heterocycles. The van der Waals surface area contributed by atoms with Gasteiger partial charge in [0.15, 0.2) is 5.79 Å². The zero-order valence-electron chi connectivity index (χ0n) is 23.1. The molecular formula is C30H37N2O6S+. The van der Waals surface area contributed by atoms with Crippen molar-refractivity contribution in [2.45, 2.75) is 76.6 Å². The van der Waals surface area contributed by atoms with E-state index in [-0.39, 0.29) is 45.6 Å². The number of nitrogens with zero attached hydrogens (tertiary/aromatic N) is 2. The van der Waals surface area contributed by atoms with Gasteiger partial charge in [0.25, 0.3) is 0 Å². The summed E-state index contributed by atoms with van der Waals surface area (Å²) in [4.78, 5) is 16.3. The number of carbonyl (C=O) groups is 1. The summed E-state index contributed by atoms with van der Waals surface area (Å²) in [6.07, 6.45) is 10.1. The lowest BCUT2D eigenvalue weighted by Gasteiger charge is -2.55. The van der Waals surface area contributed by atoms with Gasteiger partial charge in [-0.05, 0) is 61.8 Å². The van der Waals surface area contributed by atoms with E-state index in [1.807, 2.05) is 19.1 Å². The van der Waals surface area contributed by atoms with Crippen molar-refractivity contribution < 1.29 is 32.2 Å². The Labute approximate surface area is 230 Å². The second-order valence-corrected chi connectivity index (χ2v) is 13.8. The molecule has 0 radical (unpaired) electrons. The Balaban J connectivity index is 1.47. The molecule has 2 saturated carbocycles. The molecule has 4 aliphatic carbocycles. The average Bonchev–Trinajstić information content (AvgIpc) is 3.49. The molecule has 8 nitrogen and oxygen atoms in total. The Bertz CT molecular complexity index is 1420. The van der Waals surface area contributed by atoms with Crippen LogP contribution in [-0.4, -0.2) is 50.0 Å². The summed E-state index contributed by atoms with van der Waals surface area (Å²) in [5.41, 5.74) is 2.31. The molecule has 1 aliphatic heterocycles. The molecule has 1 aromatic carbocycles. The minimum atomic E-state index is -3.97. The van der Waals surface area contributed by atoms with Crippen molar-refractivity contribution in [2.24, 2.45) is 33.1 Å². The maximum absolute atomic E-state index is 13.2. The van der Waals surface area contributed by atoms with E-state index in [0.717, 1.165) is 36.8 Å². The Morgan fingerprint density at radius 2 is 1.77 bits per heavy atom. The third-order valence-electron chi connectivity index (χ3n) is 10.2. The Morgan fingerprint density at radius 3 is 2.46 bits per heavy atom. The summed E-state index contributed by atoms with van der Waals surface area (Å²) in [6, 6.07) is 6.65. The number of sulfonamides is 1. The molecule has 0 N–H and O–H groups in total. The number of ether oxygens (including phenoxy) is 3. The fraction of sp³-hybridized carbons (Fsp3) is 0.600. The average molecular weight is 554 g/mol. The number of esters is 1. The highest BCUT2D eigenvalue weighted by molar-refractivity contribution is 7.89. The largest absolute Gasteiger partial charge is 0.458 e. The summed E-state index contributed by atoms with van der Waals surface area (Å²) in [5, 5.41) is 0. The highest BCUT2D eigenvalue weighted by Crippen LogP contribution is 2.67. The van der Waals surface area contributed by atoms with Crippen LogP contribution in [0.5, 0.6) is 0 Å². The lowest BCUT2D eigenvalue weighted by molar-refractivity contribution is -0.239. The fourth-order valence-corrected chi connectivity index (χ4v) is 8.91. The number of hydrogen-bond donors (Lipinski definition) is 0. The molecular weight excluding hydrogens is 516 g/mol. The molecule has 6 atom stereocenters. The zero-order valence-corrected chi connectivity index (χ0v) is 23.9. The lowest BCUT2D eigenvalue weighted by Crippen LogP contribution is -2.56. The second-order valence-electron chi connectivity index (χ2n) is 12.2. The molecule has 9 heteroatoms. The molecule has 5 aliphatic rings. The van der Waals surface area contributed by atoms with Crippen LogP contribution in [0.1, 0.15) is 58.4 Å². The lowest BCUT2D eigenvalue weighted by atomic mass is 9.48. The minimum Gasteiger partial charge on any atom is -0.458 e. The molecule has 1 spiro atoms. The third kappa shape index (κ3) is 4.17. The van der Waals surface area contributed by atoms with Crippen LogP contribution in [-0.2, 0) is 29.0 Å². The van der Waals surface area contributed by atoms with Crippen LogP contribution in [0.15, 0.2) is 57.5 Å². The van der Waals surface area contributed by atoms with Crippen molar-refractivity contribution in [3.63, 3.8) is 0 Å². The summed E-state index contributed by atoms with van der Waals surface area (Å²) in [5.74, 6) is -0.502. The fourth-order valence-electron chi connectivity index (χ4n) is 8.13. The molecule has 1 saturated heterocycles. The number of aryl methyl sites for hydroxylation is 1. The van der Waals surface area contributed by atoms with Gasteiger partial charge in [0.2, 0.25) is 4.52 Å². The maximum atomic E-state index is 13.2. The highest BCUT2D eigenvalue weighted by atomic mass is 32.2. The number of benzene rings is 1. The van der Waals surface area contributed by atoms with Gasteiger partial charge in [0.1, 0.15) is 6.10 Å². The number of fused-ring (bicyclic) bond motifs is 6. The van der Waals surface area contributed by atoms with E-state index >= 15 is 0 Å². The first-order valence-electron chi connectivity index (χ1n) is 13.9. The van der Waals surface area contributed by atoms with Crippen LogP contribution in [0, 0.1) is 35.5 Å².